The summed E-state index contributed by atoms with van der Waals surface area (Å²) in [5, 5.41) is 11.4. The number of benzene rings is 1. The van der Waals surface area contributed by atoms with E-state index in [1.165, 1.54) is 0 Å². The lowest BCUT2D eigenvalue weighted by molar-refractivity contribution is -0.136. The normalized spacial score (nSPS) is 15.0. The van der Waals surface area contributed by atoms with Gasteiger partial charge in [0.25, 0.3) is 0 Å². The first kappa shape index (κ1) is 10.5. The van der Waals surface area contributed by atoms with Gasteiger partial charge in [-0.25, -0.2) is 4.79 Å². The van der Waals surface area contributed by atoms with Gasteiger partial charge in [-0.15, -0.1) is 0 Å². The maximum Gasteiger partial charge on any atom is 0.321 e. The van der Waals surface area contributed by atoms with E-state index >= 15 is 0 Å². The van der Waals surface area contributed by atoms with E-state index in [4.69, 9.17) is 5.11 Å². The molecule has 0 bridgehead atoms. The van der Waals surface area contributed by atoms with Crippen molar-refractivity contribution in [3.63, 3.8) is 0 Å². The number of hydrogen-bond donors (Lipinski definition) is 2. The minimum Gasteiger partial charge on any atom is -0.481 e. The molecule has 0 atom stereocenters. The first-order valence-electron chi connectivity index (χ1n) is 5.03. The van der Waals surface area contributed by atoms with Gasteiger partial charge in [0, 0.05) is 18.8 Å². The Morgan fingerprint density at radius 2 is 2.31 bits per heavy atom. The summed E-state index contributed by atoms with van der Waals surface area (Å²) in [6.45, 7) is 1.25. The molecule has 1 heterocycles. The molecule has 1 saturated heterocycles. The van der Waals surface area contributed by atoms with Gasteiger partial charge in [0.15, 0.2) is 0 Å². The van der Waals surface area contributed by atoms with E-state index < -0.39 is 5.97 Å². The molecule has 0 saturated carbocycles. The van der Waals surface area contributed by atoms with Crippen LogP contribution in [0.3, 0.4) is 0 Å². The average molecular weight is 220 g/mol. The SMILES string of the molecule is O=C(O)Cc1cccc(N2CCNC2=O)c1. The molecule has 5 nitrogen and oxygen atoms in total. The van der Waals surface area contributed by atoms with Gasteiger partial charge in [0.2, 0.25) is 0 Å². The summed E-state index contributed by atoms with van der Waals surface area (Å²) in [5.74, 6) is -0.872. The number of amides is 2. The lowest BCUT2D eigenvalue weighted by Crippen LogP contribution is -2.27. The summed E-state index contributed by atoms with van der Waals surface area (Å²) >= 11 is 0. The van der Waals surface area contributed by atoms with E-state index in [-0.39, 0.29) is 12.5 Å². The Hall–Kier alpha value is -2.04. The Bertz CT molecular complexity index is 431. The van der Waals surface area contributed by atoms with Crippen molar-refractivity contribution < 1.29 is 14.7 Å². The average Bonchev–Trinajstić information content (AvgIpc) is 2.64. The van der Waals surface area contributed by atoms with Crippen LogP contribution in [0.4, 0.5) is 10.5 Å². The molecule has 0 radical (unpaired) electrons. The van der Waals surface area contributed by atoms with E-state index in [1.807, 2.05) is 0 Å². The minimum absolute atomic E-state index is 0.0245. The third-order valence-corrected chi connectivity index (χ3v) is 2.43. The van der Waals surface area contributed by atoms with Gasteiger partial charge < -0.3 is 10.4 Å². The molecule has 1 fully saturated rings. The summed E-state index contributed by atoms with van der Waals surface area (Å²) in [7, 11) is 0. The predicted molar refractivity (Wildman–Crippen MR) is 58.5 cm³/mol. The van der Waals surface area contributed by atoms with Crippen LogP contribution in [0, 0.1) is 0 Å². The highest BCUT2D eigenvalue weighted by molar-refractivity contribution is 5.94. The predicted octanol–water partition coefficient (Wildman–Crippen LogP) is 0.843. The Kier molecular flexibility index (Phi) is 2.76. The quantitative estimate of drug-likeness (QED) is 0.793. The van der Waals surface area contributed by atoms with Gasteiger partial charge in [-0.1, -0.05) is 12.1 Å². The number of nitrogens with zero attached hydrogens (tertiary/aromatic N) is 1. The van der Waals surface area contributed by atoms with Crippen molar-refractivity contribution in [1.82, 2.24) is 5.32 Å². The number of urea groups is 1. The fourth-order valence-electron chi connectivity index (χ4n) is 1.73. The van der Waals surface area contributed by atoms with Crippen LogP contribution in [0.2, 0.25) is 0 Å². The Labute approximate surface area is 92.7 Å². The highest BCUT2D eigenvalue weighted by Crippen LogP contribution is 2.18. The third-order valence-electron chi connectivity index (χ3n) is 2.43. The summed E-state index contributed by atoms with van der Waals surface area (Å²) in [6, 6.07) is 6.91. The molecular weight excluding hydrogens is 208 g/mol. The van der Waals surface area contributed by atoms with Gasteiger partial charge in [0.1, 0.15) is 0 Å². The fourth-order valence-corrected chi connectivity index (χ4v) is 1.73. The minimum atomic E-state index is -0.872. The van der Waals surface area contributed by atoms with Crippen molar-refractivity contribution >= 4 is 17.7 Å². The maximum atomic E-state index is 11.4. The van der Waals surface area contributed by atoms with Crippen LogP contribution in [-0.4, -0.2) is 30.2 Å². The Morgan fingerprint density at radius 1 is 1.50 bits per heavy atom. The van der Waals surface area contributed by atoms with Crippen LogP contribution >= 0.6 is 0 Å². The zero-order valence-corrected chi connectivity index (χ0v) is 8.64. The fraction of sp³-hybridized carbons (Fsp3) is 0.273. The van der Waals surface area contributed by atoms with Crippen molar-refractivity contribution in [2.75, 3.05) is 18.0 Å². The number of carboxylic acid groups (broad SMARTS) is 1. The molecule has 2 rings (SSSR count). The molecule has 0 aliphatic carbocycles. The topological polar surface area (TPSA) is 69.6 Å². The second kappa shape index (κ2) is 4.22. The highest BCUT2D eigenvalue weighted by atomic mass is 16.4. The smallest absolute Gasteiger partial charge is 0.321 e. The van der Waals surface area contributed by atoms with Crippen LogP contribution in [0.5, 0.6) is 0 Å². The maximum absolute atomic E-state index is 11.4. The van der Waals surface area contributed by atoms with Gasteiger partial charge in [-0.2, -0.15) is 0 Å². The second-order valence-electron chi connectivity index (χ2n) is 3.62. The number of aliphatic carboxylic acids is 1. The summed E-state index contributed by atoms with van der Waals surface area (Å²) in [6.07, 6.45) is -0.0245. The van der Waals surface area contributed by atoms with Crippen molar-refractivity contribution in [2.45, 2.75) is 6.42 Å². The molecule has 2 N–H and O–H groups in total. The zero-order chi connectivity index (χ0) is 11.5. The molecule has 0 aromatic heterocycles. The molecule has 2 amide bonds. The van der Waals surface area contributed by atoms with E-state index in [0.717, 1.165) is 5.69 Å². The van der Waals surface area contributed by atoms with E-state index in [1.54, 1.807) is 29.2 Å². The number of hydrogen-bond acceptors (Lipinski definition) is 2. The molecule has 0 spiro atoms. The summed E-state index contributed by atoms with van der Waals surface area (Å²) < 4.78 is 0. The first-order chi connectivity index (χ1) is 7.66. The number of nitrogens with one attached hydrogen (secondary N) is 1. The van der Waals surface area contributed by atoms with Crippen LogP contribution in [0.25, 0.3) is 0 Å². The summed E-state index contributed by atoms with van der Waals surface area (Å²) in [4.78, 5) is 23.6. The van der Waals surface area contributed by atoms with E-state index in [9.17, 15) is 9.59 Å². The van der Waals surface area contributed by atoms with Gasteiger partial charge in [-0.3, -0.25) is 9.69 Å². The molecule has 84 valence electrons. The Balaban J connectivity index is 2.21. The number of anilines is 1. The number of carboxylic acids is 1. The van der Waals surface area contributed by atoms with Crippen LogP contribution in [0.15, 0.2) is 24.3 Å². The van der Waals surface area contributed by atoms with Crippen LogP contribution in [0.1, 0.15) is 5.56 Å². The lowest BCUT2D eigenvalue weighted by Gasteiger charge is -2.14. The number of carbonyl (C=O) groups is 2. The molecule has 1 aromatic rings. The molecule has 16 heavy (non-hydrogen) atoms. The van der Waals surface area contributed by atoms with E-state index in [2.05, 4.69) is 5.32 Å². The monoisotopic (exact) mass is 220 g/mol. The van der Waals surface area contributed by atoms with Crippen LogP contribution in [-0.2, 0) is 11.2 Å². The molecule has 1 aromatic carbocycles. The van der Waals surface area contributed by atoms with Crippen LogP contribution < -0.4 is 10.2 Å². The molecule has 1 aliphatic heterocycles. The van der Waals surface area contributed by atoms with Gasteiger partial charge in [-0.05, 0) is 17.7 Å². The second-order valence-corrected chi connectivity index (χ2v) is 3.62. The van der Waals surface area contributed by atoms with Crippen molar-refractivity contribution in [3.05, 3.63) is 29.8 Å². The van der Waals surface area contributed by atoms with Gasteiger partial charge >= 0.3 is 12.0 Å². The molecule has 1 aliphatic rings. The molecule has 0 unspecified atom stereocenters. The third kappa shape index (κ3) is 2.13. The number of rotatable bonds is 3. The Morgan fingerprint density at radius 3 is 2.94 bits per heavy atom. The zero-order valence-electron chi connectivity index (χ0n) is 8.64. The van der Waals surface area contributed by atoms with Crippen molar-refractivity contribution in [3.8, 4) is 0 Å². The van der Waals surface area contributed by atoms with E-state index in [0.29, 0.717) is 18.7 Å². The summed E-state index contributed by atoms with van der Waals surface area (Å²) in [5.41, 5.74) is 1.44. The first-order valence-corrected chi connectivity index (χ1v) is 5.03. The van der Waals surface area contributed by atoms with Crippen molar-refractivity contribution in [2.24, 2.45) is 0 Å². The lowest BCUT2D eigenvalue weighted by atomic mass is 10.1. The number of carbonyl (C=O) groups excluding carboxylic acids is 1. The van der Waals surface area contributed by atoms with Crippen molar-refractivity contribution in [1.29, 1.82) is 0 Å². The molecular formula is C11H12N2O3. The largest absolute Gasteiger partial charge is 0.481 e. The highest BCUT2D eigenvalue weighted by Gasteiger charge is 2.21. The van der Waals surface area contributed by atoms with Gasteiger partial charge in [0.05, 0.1) is 6.42 Å². The molecule has 5 heteroatoms. The standard InChI is InChI=1S/C11H12N2O3/c14-10(15)7-8-2-1-3-9(6-8)13-5-4-12-11(13)16/h1-3,6H,4-5,7H2,(H,12,16)(H,14,15).